The van der Waals surface area contributed by atoms with Crippen LogP contribution < -0.4 is 15.4 Å². The number of benzene rings is 2. The molecule has 2 aromatic rings. The van der Waals surface area contributed by atoms with Crippen LogP contribution >= 0.6 is 0 Å². The second kappa shape index (κ2) is 6.85. The fourth-order valence-corrected chi connectivity index (χ4v) is 2.20. The van der Waals surface area contributed by atoms with E-state index in [9.17, 15) is 9.90 Å². The summed E-state index contributed by atoms with van der Waals surface area (Å²) in [6.45, 7) is 3.46. The van der Waals surface area contributed by atoms with E-state index in [1.807, 2.05) is 19.1 Å². The Morgan fingerprint density at radius 3 is 2.64 bits per heavy atom. The molecule has 0 radical (unpaired) electrons. The summed E-state index contributed by atoms with van der Waals surface area (Å²) in [5.41, 5.74) is 2.46. The summed E-state index contributed by atoms with van der Waals surface area (Å²) in [7, 11) is 1.58. The Kier molecular flexibility index (Phi) is 4.88. The summed E-state index contributed by atoms with van der Waals surface area (Å²) in [4.78, 5) is 11.1. The topological polar surface area (TPSA) is 70.6 Å². The fraction of sp³-hybridized carbons (Fsp3) is 0.235. The van der Waals surface area contributed by atoms with Crippen molar-refractivity contribution in [3.8, 4) is 11.5 Å². The van der Waals surface area contributed by atoms with Gasteiger partial charge in [-0.25, -0.2) is 0 Å². The van der Waals surface area contributed by atoms with Gasteiger partial charge in [0.1, 0.15) is 11.5 Å². The molecule has 0 aliphatic rings. The van der Waals surface area contributed by atoms with E-state index in [0.717, 1.165) is 11.3 Å². The molecule has 22 heavy (non-hydrogen) atoms. The largest absolute Gasteiger partial charge is 0.508 e. The molecule has 0 spiro atoms. The lowest BCUT2D eigenvalue weighted by Crippen LogP contribution is -2.09. The van der Waals surface area contributed by atoms with Gasteiger partial charge in [0.05, 0.1) is 12.8 Å². The zero-order valence-corrected chi connectivity index (χ0v) is 12.9. The van der Waals surface area contributed by atoms with Crippen LogP contribution in [0.1, 0.15) is 25.5 Å². The van der Waals surface area contributed by atoms with Crippen LogP contribution in [-0.2, 0) is 4.79 Å². The van der Waals surface area contributed by atoms with Gasteiger partial charge in [-0.05, 0) is 36.8 Å². The molecule has 2 rings (SSSR count). The van der Waals surface area contributed by atoms with Crippen molar-refractivity contribution in [1.82, 2.24) is 0 Å². The third-order valence-corrected chi connectivity index (χ3v) is 3.26. The van der Waals surface area contributed by atoms with Crippen LogP contribution in [0.5, 0.6) is 11.5 Å². The highest BCUT2D eigenvalue weighted by molar-refractivity contribution is 5.89. The van der Waals surface area contributed by atoms with Crippen molar-refractivity contribution in [2.75, 3.05) is 17.7 Å². The number of anilines is 2. The van der Waals surface area contributed by atoms with Gasteiger partial charge in [0.25, 0.3) is 0 Å². The summed E-state index contributed by atoms with van der Waals surface area (Å²) in [6.07, 6.45) is 0. The highest BCUT2D eigenvalue weighted by atomic mass is 16.5. The van der Waals surface area contributed by atoms with Crippen LogP contribution in [0.25, 0.3) is 0 Å². The van der Waals surface area contributed by atoms with Crippen molar-refractivity contribution < 1.29 is 14.6 Å². The maximum Gasteiger partial charge on any atom is 0.221 e. The highest BCUT2D eigenvalue weighted by Gasteiger charge is 2.10. The molecule has 5 nitrogen and oxygen atoms in total. The van der Waals surface area contributed by atoms with E-state index in [1.165, 1.54) is 6.92 Å². The molecule has 0 saturated carbocycles. The van der Waals surface area contributed by atoms with Gasteiger partial charge in [-0.3, -0.25) is 4.79 Å². The first-order chi connectivity index (χ1) is 10.5. The van der Waals surface area contributed by atoms with E-state index >= 15 is 0 Å². The number of phenols is 1. The lowest BCUT2D eigenvalue weighted by atomic mass is 10.1. The van der Waals surface area contributed by atoms with Crippen molar-refractivity contribution in [1.29, 1.82) is 0 Å². The molecule has 0 bridgehead atoms. The third-order valence-electron chi connectivity index (χ3n) is 3.26. The molecule has 1 amide bonds. The van der Waals surface area contributed by atoms with Gasteiger partial charge in [-0.1, -0.05) is 12.1 Å². The van der Waals surface area contributed by atoms with Gasteiger partial charge in [-0.15, -0.1) is 0 Å². The summed E-state index contributed by atoms with van der Waals surface area (Å²) in [6, 6.07) is 12.5. The Morgan fingerprint density at radius 1 is 1.23 bits per heavy atom. The summed E-state index contributed by atoms with van der Waals surface area (Å²) in [5.74, 6) is 0.744. The minimum atomic E-state index is -0.129. The van der Waals surface area contributed by atoms with Gasteiger partial charge >= 0.3 is 0 Å². The quantitative estimate of drug-likeness (QED) is 0.790. The Balaban J connectivity index is 2.19. The zero-order valence-electron chi connectivity index (χ0n) is 12.9. The van der Waals surface area contributed by atoms with E-state index < -0.39 is 0 Å². The average molecular weight is 300 g/mol. The molecule has 0 heterocycles. The van der Waals surface area contributed by atoms with Crippen LogP contribution in [0.4, 0.5) is 11.4 Å². The van der Waals surface area contributed by atoms with Crippen molar-refractivity contribution >= 4 is 17.3 Å². The lowest BCUT2D eigenvalue weighted by molar-refractivity contribution is -0.114. The molecule has 5 heteroatoms. The molecular weight excluding hydrogens is 280 g/mol. The smallest absolute Gasteiger partial charge is 0.221 e. The van der Waals surface area contributed by atoms with E-state index in [2.05, 4.69) is 10.6 Å². The second-order valence-corrected chi connectivity index (χ2v) is 5.06. The van der Waals surface area contributed by atoms with E-state index in [1.54, 1.807) is 37.4 Å². The van der Waals surface area contributed by atoms with Gasteiger partial charge in [-0.2, -0.15) is 0 Å². The predicted molar refractivity (Wildman–Crippen MR) is 87.4 cm³/mol. The Bertz CT molecular complexity index is 671. The number of hydrogen-bond donors (Lipinski definition) is 3. The Labute approximate surface area is 129 Å². The molecule has 116 valence electrons. The molecule has 0 aromatic heterocycles. The van der Waals surface area contributed by atoms with Crippen molar-refractivity contribution in [2.24, 2.45) is 0 Å². The number of nitrogens with one attached hydrogen (secondary N) is 2. The van der Waals surface area contributed by atoms with Crippen LogP contribution in [0, 0.1) is 0 Å². The zero-order chi connectivity index (χ0) is 16.1. The Morgan fingerprint density at radius 2 is 2.00 bits per heavy atom. The van der Waals surface area contributed by atoms with Crippen LogP contribution in [0.3, 0.4) is 0 Å². The normalized spacial score (nSPS) is 11.6. The highest BCUT2D eigenvalue weighted by Crippen LogP contribution is 2.31. The van der Waals surface area contributed by atoms with E-state index in [4.69, 9.17) is 4.74 Å². The standard InChI is InChI=1S/C17H20N2O3/c1-11(13-5-4-6-15(21)9-13)18-16-8-7-14(19-12(2)20)10-17(16)22-3/h4-11,18,21H,1-3H3,(H,19,20). The maximum absolute atomic E-state index is 11.1. The second-order valence-electron chi connectivity index (χ2n) is 5.06. The van der Waals surface area contributed by atoms with Gasteiger partial charge in [0.15, 0.2) is 0 Å². The maximum atomic E-state index is 11.1. The number of rotatable bonds is 5. The monoisotopic (exact) mass is 300 g/mol. The fourth-order valence-electron chi connectivity index (χ4n) is 2.20. The molecule has 0 aliphatic heterocycles. The summed E-state index contributed by atoms with van der Waals surface area (Å²) >= 11 is 0. The van der Waals surface area contributed by atoms with Crippen molar-refractivity contribution in [3.63, 3.8) is 0 Å². The molecule has 3 N–H and O–H groups in total. The first-order valence-electron chi connectivity index (χ1n) is 7.00. The number of amides is 1. The number of carbonyl (C=O) groups is 1. The molecule has 1 atom stereocenters. The number of carbonyl (C=O) groups excluding carboxylic acids is 1. The minimum absolute atomic E-state index is 0.00684. The van der Waals surface area contributed by atoms with Gasteiger partial charge < -0.3 is 20.5 Å². The van der Waals surface area contributed by atoms with Crippen molar-refractivity contribution in [2.45, 2.75) is 19.9 Å². The lowest BCUT2D eigenvalue weighted by Gasteiger charge is -2.19. The number of aromatic hydroxyl groups is 1. The molecular formula is C17H20N2O3. The van der Waals surface area contributed by atoms with Gasteiger partial charge in [0, 0.05) is 24.7 Å². The molecule has 0 aliphatic carbocycles. The van der Waals surface area contributed by atoms with E-state index in [0.29, 0.717) is 11.4 Å². The summed E-state index contributed by atoms with van der Waals surface area (Å²) < 4.78 is 5.36. The van der Waals surface area contributed by atoms with Crippen LogP contribution in [0.15, 0.2) is 42.5 Å². The summed E-state index contributed by atoms with van der Waals surface area (Å²) in [5, 5.41) is 15.6. The SMILES string of the molecule is COc1cc(NC(C)=O)ccc1NC(C)c1cccc(O)c1. The van der Waals surface area contributed by atoms with Crippen LogP contribution in [-0.4, -0.2) is 18.1 Å². The third kappa shape index (κ3) is 3.91. The number of methoxy groups -OCH3 is 1. The number of phenolic OH excluding ortho intramolecular Hbond substituents is 1. The van der Waals surface area contributed by atoms with Crippen molar-refractivity contribution in [3.05, 3.63) is 48.0 Å². The number of ether oxygens (including phenoxy) is 1. The molecule has 0 saturated heterocycles. The Hall–Kier alpha value is -2.69. The minimum Gasteiger partial charge on any atom is -0.508 e. The first-order valence-corrected chi connectivity index (χ1v) is 7.00. The first kappa shape index (κ1) is 15.7. The van der Waals surface area contributed by atoms with Gasteiger partial charge in [0.2, 0.25) is 5.91 Å². The van der Waals surface area contributed by atoms with E-state index in [-0.39, 0.29) is 17.7 Å². The molecule has 2 aromatic carbocycles. The number of hydrogen-bond acceptors (Lipinski definition) is 4. The average Bonchev–Trinajstić information content (AvgIpc) is 2.48. The van der Waals surface area contributed by atoms with Crippen LogP contribution in [0.2, 0.25) is 0 Å². The predicted octanol–water partition coefficient (Wildman–Crippen LogP) is 3.53. The molecule has 0 fully saturated rings. The molecule has 1 unspecified atom stereocenters.